The van der Waals surface area contributed by atoms with Crippen LogP contribution in [0.15, 0.2) is 5.38 Å². The summed E-state index contributed by atoms with van der Waals surface area (Å²) in [6.07, 6.45) is 3.40. The quantitative estimate of drug-likeness (QED) is 0.876. The molecule has 0 aliphatic carbocycles. The maximum atomic E-state index is 5.50. The van der Waals surface area contributed by atoms with Crippen LogP contribution in [0.25, 0.3) is 0 Å². The molecule has 3 nitrogen and oxygen atoms in total. The van der Waals surface area contributed by atoms with Gasteiger partial charge in [0.25, 0.3) is 0 Å². The number of thiazole rings is 1. The van der Waals surface area contributed by atoms with E-state index in [1.165, 1.54) is 5.01 Å². The van der Waals surface area contributed by atoms with Crippen LogP contribution in [0.1, 0.15) is 30.5 Å². The lowest BCUT2D eigenvalue weighted by Crippen LogP contribution is -2.40. The van der Waals surface area contributed by atoms with Crippen LogP contribution >= 0.6 is 11.3 Å². The molecule has 96 valence electrons. The minimum absolute atomic E-state index is 0.360. The fourth-order valence-corrected chi connectivity index (χ4v) is 3.36. The summed E-state index contributed by atoms with van der Waals surface area (Å²) < 4.78 is 5.50. The lowest BCUT2D eigenvalue weighted by Gasteiger charge is -2.37. The molecule has 1 saturated heterocycles. The van der Waals surface area contributed by atoms with Crippen molar-refractivity contribution in [3.8, 4) is 0 Å². The zero-order chi connectivity index (χ0) is 12.1. The minimum atomic E-state index is 0.360. The number of hydrogen-bond donors (Lipinski definition) is 1. The van der Waals surface area contributed by atoms with Gasteiger partial charge in [-0.3, -0.25) is 0 Å². The highest BCUT2D eigenvalue weighted by molar-refractivity contribution is 7.09. The Morgan fingerprint density at radius 2 is 2.24 bits per heavy atom. The van der Waals surface area contributed by atoms with Gasteiger partial charge in [0.15, 0.2) is 0 Å². The van der Waals surface area contributed by atoms with E-state index in [1.54, 1.807) is 11.3 Å². The summed E-state index contributed by atoms with van der Waals surface area (Å²) in [6, 6.07) is 0. The molecule has 17 heavy (non-hydrogen) atoms. The van der Waals surface area contributed by atoms with E-state index in [0.717, 1.165) is 51.3 Å². The highest BCUT2D eigenvalue weighted by Crippen LogP contribution is 2.34. The van der Waals surface area contributed by atoms with E-state index >= 15 is 0 Å². The molecular formula is C13H22N2OS. The Hall–Kier alpha value is -0.450. The molecule has 1 aromatic rings. The number of nitrogens with zero attached hydrogens (tertiary/aromatic N) is 1. The van der Waals surface area contributed by atoms with Gasteiger partial charge < -0.3 is 10.1 Å². The Kier molecular flexibility index (Phi) is 4.54. The lowest BCUT2D eigenvalue weighted by molar-refractivity contribution is 0.0151. The van der Waals surface area contributed by atoms with Gasteiger partial charge in [0.05, 0.1) is 5.01 Å². The number of hydrogen-bond acceptors (Lipinski definition) is 4. The van der Waals surface area contributed by atoms with E-state index in [4.69, 9.17) is 4.74 Å². The van der Waals surface area contributed by atoms with E-state index in [0.29, 0.717) is 5.41 Å². The van der Waals surface area contributed by atoms with Gasteiger partial charge in [-0.05, 0) is 31.7 Å². The lowest BCUT2D eigenvalue weighted by atomic mass is 9.77. The molecule has 1 aliphatic rings. The molecule has 0 atom stereocenters. The molecule has 1 N–H and O–H groups in total. The number of ether oxygens (including phenoxy) is 1. The van der Waals surface area contributed by atoms with E-state index in [1.807, 2.05) is 0 Å². The first-order valence-electron chi connectivity index (χ1n) is 6.44. The van der Waals surface area contributed by atoms with Crippen molar-refractivity contribution in [2.45, 2.75) is 33.1 Å². The average molecular weight is 254 g/mol. The predicted octanol–water partition coefficient (Wildman–Crippen LogP) is 2.40. The smallest absolute Gasteiger partial charge is 0.0934 e. The highest BCUT2D eigenvalue weighted by atomic mass is 32.1. The number of rotatable bonds is 5. The van der Waals surface area contributed by atoms with Crippen LogP contribution in [0.4, 0.5) is 0 Å². The zero-order valence-electron chi connectivity index (χ0n) is 10.8. The molecule has 0 saturated carbocycles. The maximum Gasteiger partial charge on any atom is 0.0934 e. The first kappa shape index (κ1) is 13.0. The SMILES string of the molecule is CCNCC1(Cc2nc(C)cs2)CCOCC1. The van der Waals surface area contributed by atoms with Crippen molar-refractivity contribution in [3.05, 3.63) is 16.1 Å². The van der Waals surface area contributed by atoms with Crippen LogP contribution in [-0.2, 0) is 11.2 Å². The molecule has 4 heteroatoms. The summed E-state index contributed by atoms with van der Waals surface area (Å²) in [5.74, 6) is 0. The molecule has 0 spiro atoms. The van der Waals surface area contributed by atoms with Crippen LogP contribution in [-0.4, -0.2) is 31.3 Å². The van der Waals surface area contributed by atoms with Gasteiger partial charge in [0.1, 0.15) is 0 Å². The number of nitrogens with one attached hydrogen (secondary N) is 1. The molecule has 0 amide bonds. The number of aryl methyl sites for hydroxylation is 1. The van der Waals surface area contributed by atoms with Gasteiger partial charge in [-0.1, -0.05) is 6.92 Å². The van der Waals surface area contributed by atoms with Crippen LogP contribution in [0.3, 0.4) is 0 Å². The standard InChI is InChI=1S/C13H22N2OS/c1-3-14-10-13(4-6-16-7-5-13)8-12-15-11(2)9-17-12/h9,14H,3-8,10H2,1-2H3. The van der Waals surface area contributed by atoms with Gasteiger partial charge >= 0.3 is 0 Å². The minimum Gasteiger partial charge on any atom is -0.381 e. The summed E-state index contributed by atoms with van der Waals surface area (Å²) in [4.78, 5) is 4.61. The number of aromatic nitrogens is 1. The molecule has 1 aliphatic heterocycles. The second-order valence-corrected chi connectivity index (χ2v) is 5.89. The largest absolute Gasteiger partial charge is 0.381 e. The fourth-order valence-electron chi connectivity index (χ4n) is 2.42. The predicted molar refractivity (Wildman–Crippen MR) is 71.6 cm³/mol. The van der Waals surface area contributed by atoms with Crippen molar-refractivity contribution in [3.63, 3.8) is 0 Å². The van der Waals surface area contributed by atoms with Crippen LogP contribution in [0.2, 0.25) is 0 Å². The average Bonchev–Trinajstić information content (AvgIpc) is 2.73. The van der Waals surface area contributed by atoms with Crippen molar-refractivity contribution in [2.75, 3.05) is 26.3 Å². The molecule has 2 rings (SSSR count). The van der Waals surface area contributed by atoms with E-state index in [-0.39, 0.29) is 0 Å². The molecular weight excluding hydrogens is 232 g/mol. The van der Waals surface area contributed by atoms with Crippen LogP contribution in [0.5, 0.6) is 0 Å². The van der Waals surface area contributed by atoms with Gasteiger partial charge in [-0.15, -0.1) is 11.3 Å². The van der Waals surface area contributed by atoms with E-state index < -0.39 is 0 Å². The molecule has 0 radical (unpaired) electrons. The molecule has 0 aromatic carbocycles. The summed E-state index contributed by atoms with van der Waals surface area (Å²) in [6.45, 7) is 8.16. The summed E-state index contributed by atoms with van der Waals surface area (Å²) in [5, 5.41) is 6.94. The second kappa shape index (κ2) is 5.94. The Labute approximate surface area is 108 Å². The summed E-state index contributed by atoms with van der Waals surface area (Å²) >= 11 is 1.80. The Morgan fingerprint density at radius 3 is 2.82 bits per heavy atom. The Balaban J connectivity index is 2.03. The second-order valence-electron chi connectivity index (χ2n) is 4.95. The third-order valence-electron chi connectivity index (χ3n) is 3.50. The van der Waals surface area contributed by atoms with Gasteiger partial charge in [0, 0.05) is 37.3 Å². The third-order valence-corrected chi connectivity index (χ3v) is 4.46. The first-order chi connectivity index (χ1) is 8.24. The van der Waals surface area contributed by atoms with E-state index in [2.05, 4.69) is 29.5 Å². The Bertz CT molecular complexity index is 345. The van der Waals surface area contributed by atoms with Gasteiger partial charge in [0.2, 0.25) is 0 Å². The zero-order valence-corrected chi connectivity index (χ0v) is 11.6. The first-order valence-corrected chi connectivity index (χ1v) is 7.31. The van der Waals surface area contributed by atoms with Crippen molar-refractivity contribution in [2.24, 2.45) is 5.41 Å². The maximum absolute atomic E-state index is 5.50. The summed E-state index contributed by atoms with van der Waals surface area (Å²) in [5.41, 5.74) is 1.51. The third kappa shape index (κ3) is 3.50. The van der Waals surface area contributed by atoms with Crippen LogP contribution in [0, 0.1) is 12.3 Å². The molecule has 0 unspecified atom stereocenters. The molecule has 1 aromatic heterocycles. The summed E-state index contributed by atoms with van der Waals surface area (Å²) in [7, 11) is 0. The van der Waals surface area contributed by atoms with Crippen molar-refractivity contribution >= 4 is 11.3 Å². The van der Waals surface area contributed by atoms with Crippen molar-refractivity contribution in [1.82, 2.24) is 10.3 Å². The molecule has 2 heterocycles. The van der Waals surface area contributed by atoms with Crippen molar-refractivity contribution < 1.29 is 4.74 Å². The fraction of sp³-hybridized carbons (Fsp3) is 0.769. The topological polar surface area (TPSA) is 34.2 Å². The molecule has 0 bridgehead atoms. The normalized spacial score (nSPS) is 19.4. The monoisotopic (exact) mass is 254 g/mol. The molecule has 1 fully saturated rings. The van der Waals surface area contributed by atoms with Gasteiger partial charge in [-0.25, -0.2) is 4.98 Å². The van der Waals surface area contributed by atoms with Crippen molar-refractivity contribution in [1.29, 1.82) is 0 Å². The Morgan fingerprint density at radius 1 is 1.47 bits per heavy atom. The van der Waals surface area contributed by atoms with Crippen LogP contribution < -0.4 is 5.32 Å². The van der Waals surface area contributed by atoms with Gasteiger partial charge in [-0.2, -0.15) is 0 Å². The van der Waals surface area contributed by atoms with E-state index in [9.17, 15) is 0 Å². The highest BCUT2D eigenvalue weighted by Gasteiger charge is 2.33.